The number of esters is 1. The zero-order valence-corrected chi connectivity index (χ0v) is 13.6. The van der Waals surface area contributed by atoms with Gasteiger partial charge in [-0.2, -0.15) is 0 Å². The number of amides is 1. The Morgan fingerprint density at radius 1 is 1.27 bits per heavy atom. The van der Waals surface area contributed by atoms with Crippen molar-refractivity contribution < 1.29 is 18.7 Å². The predicted molar refractivity (Wildman–Crippen MR) is 85.2 cm³/mol. The zero-order chi connectivity index (χ0) is 16.3. The predicted octanol–water partition coefficient (Wildman–Crippen LogP) is 4.08. The lowest BCUT2D eigenvalue weighted by molar-refractivity contribution is -0.114. The maximum atomic E-state index is 13.0. The molecule has 1 amide bonds. The summed E-state index contributed by atoms with van der Waals surface area (Å²) in [7, 11) is 1.23. The summed E-state index contributed by atoms with van der Waals surface area (Å²) in [6.07, 6.45) is 0. The van der Waals surface area contributed by atoms with Crippen molar-refractivity contribution in [2.45, 2.75) is 4.84 Å². The third kappa shape index (κ3) is 3.58. The van der Waals surface area contributed by atoms with Crippen LogP contribution in [-0.2, 0) is 9.53 Å². The number of hydrogen-bond acceptors (Lipinski definition) is 4. The fraction of sp³-hybridized carbons (Fsp3) is 0.143. The fourth-order valence-electron chi connectivity index (χ4n) is 1.76. The van der Waals surface area contributed by atoms with Gasteiger partial charge < -0.3 is 10.1 Å². The number of carbonyl (C=O) groups excluding carboxylic acids is 2. The number of ether oxygens (including phenoxy) is 1. The van der Waals surface area contributed by atoms with Gasteiger partial charge in [0.15, 0.2) is 4.84 Å². The van der Waals surface area contributed by atoms with E-state index in [1.54, 1.807) is 5.38 Å². The molecule has 0 radical (unpaired) electrons. The highest BCUT2D eigenvalue weighted by molar-refractivity contribution is 7.15. The number of rotatable bonds is 4. The molecule has 0 aliphatic heterocycles. The molecule has 1 N–H and O–H groups in total. The fourth-order valence-corrected chi connectivity index (χ4v) is 2.83. The Balaban J connectivity index is 2.47. The number of hydrogen-bond donors (Lipinski definition) is 1. The van der Waals surface area contributed by atoms with Gasteiger partial charge in [-0.3, -0.25) is 4.79 Å². The molecule has 0 spiro atoms. The van der Waals surface area contributed by atoms with E-state index < -0.39 is 16.7 Å². The first-order valence-corrected chi connectivity index (χ1v) is 7.74. The van der Waals surface area contributed by atoms with E-state index in [0.717, 1.165) is 11.3 Å². The highest BCUT2D eigenvalue weighted by atomic mass is 35.5. The van der Waals surface area contributed by atoms with Crippen LogP contribution in [0, 0.1) is 5.82 Å². The van der Waals surface area contributed by atoms with Crippen molar-refractivity contribution in [2.75, 3.05) is 12.4 Å². The number of methoxy groups -OCH3 is 1. The van der Waals surface area contributed by atoms with Crippen LogP contribution in [0.15, 0.2) is 29.6 Å². The molecule has 0 bridgehead atoms. The first-order chi connectivity index (χ1) is 10.4. The molecule has 2 aromatic rings. The van der Waals surface area contributed by atoms with Crippen LogP contribution in [0.5, 0.6) is 0 Å². The van der Waals surface area contributed by atoms with Crippen LogP contribution < -0.4 is 5.32 Å². The second-order valence-corrected chi connectivity index (χ2v) is 6.12. The maximum absolute atomic E-state index is 13.0. The summed E-state index contributed by atoms with van der Waals surface area (Å²) in [6.45, 7) is 0. The average molecular weight is 362 g/mol. The number of anilines is 1. The molecule has 4 nitrogen and oxygen atoms in total. The lowest BCUT2D eigenvalue weighted by atomic mass is 10.0. The molecule has 0 saturated heterocycles. The maximum Gasteiger partial charge on any atom is 0.341 e. The van der Waals surface area contributed by atoms with Crippen molar-refractivity contribution in [1.29, 1.82) is 0 Å². The Morgan fingerprint density at radius 3 is 2.45 bits per heavy atom. The van der Waals surface area contributed by atoms with Crippen LogP contribution in [0.1, 0.15) is 10.4 Å². The summed E-state index contributed by atoms with van der Waals surface area (Å²) in [6, 6.07) is 5.61. The van der Waals surface area contributed by atoms with Crippen molar-refractivity contribution >= 4 is 51.4 Å². The molecule has 0 fully saturated rings. The first kappa shape index (κ1) is 16.7. The Bertz CT molecular complexity index is 701. The minimum Gasteiger partial charge on any atom is -0.465 e. The first-order valence-electron chi connectivity index (χ1n) is 5.98. The molecule has 0 saturated carbocycles. The van der Waals surface area contributed by atoms with Crippen molar-refractivity contribution in [1.82, 2.24) is 0 Å². The smallest absolute Gasteiger partial charge is 0.341 e. The summed E-state index contributed by atoms with van der Waals surface area (Å²) in [5.74, 6) is -1.67. The van der Waals surface area contributed by atoms with E-state index in [1.807, 2.05) is 0 Å². The van der Waals surface area contributed by atoms with Gasteiger partial charge in [-0.15, -0.1) is 11.3 Å². The van der Waals surface area contributed by atoms with E-state index in [0.29, 0.717) is 11.1 Å². The normalized spacial score (nSPS) is 10.6. The van der Waals surface area contributed by atoms with Gasteiger partial charge in [-0.05, 0) is 17.7 Å². The van der Waals surface area contributed by atoms with Crippen LogP contribution in [-0.4, -0.2) is 23.8 Å². The van der Waals surface area contributed by atoms with E-state index in [2.05, 4.69) is 5.32 Å². The molecule has 0 unspecified atom stereocenters. The van der Waals surface area contributed by atoms with Gasteiger partial charge in [0.2, 0.25) is 0 Å². The Labute approximate surface area is 139 Å². The number of alkyl halides is 2. The molecule has 1 aromatic heterocycles. The molecule has 1 aromatic carbocycles. The molecule has 2 rings (SSSR count). The molecule has 22 heavy (non-hydrogen) atoms. The van der Waals surface area contributed by atoms with E-state index >= 15 is 0 Å². The monoisotopic (exact) mass is 361 g/mol. The van der Waals surface area contributed by atoms with Gasteiger partial charge >= 0.3 is 5.97 Å². The minimum atomic E-state index is -1.26. The van der Waals surface area contributed by atoms with Crippen molar-refractivity contribution in [3.8, 4) is 11.1 Å². The van der Waals surface area contributed by atoms with Crippen LogP contribution in [0.4, 0.5) is 9.39 Å². The summed E-state index contributed by atoms with van der Waals surface area (Å²) in [5.41, 5.74) is 1.31. The minimum absolute atomic E-state index is 0.168. The van der Waals surface area contributed by atoms with Crippen LogP contribution in [0.2, 0.25) is 0 Å². The summed E-state index contributed by atoms with van der Waals surface area (Å²) in [4.78, 5) is 22.3. The Kier molecular flexibility index (Phi) is 5.39. The van der Waals surface area contributed by atoms with E-state index in [4.69, 9.17) is 27.9 Å². The number of carbonyl (C=O) groups is 2. The lowest BCUT2D eigenvalue weighted by Gasteiger charge is -2.08. The summed E-state index contributed by atoms with van der Waals surface area (Å²) < 4.78 is 17.8. The largest absolute Gasteiger partial charge is 0.465 e. The van der Waals surface area contributed by atoms with Gasteiger partial charge in [0, 0.05) is 10.9 Å². The topological polar surface area (TPSA) is 55.4 Å². The van der Waals surface area contributed by atoms with E-state index in [-0.39, 0.29) is 16.4 Å². The highest BCUT2D eigenvalue weighted by Gasteiger charge is 2.23. The number of halogens is 3. The molecule has 1 heterocycles. The van der Waals surface area contributed by atoms with Crippen LogP contribution in [0.25, 0.3) is 11.1 Å². The zero-order valence-electron chi connectivity index (χ0n) is 11.2. The van der Waals surface area contributed by atoms with Gasteiger partial charge in [0.25, 0.3) is 5.91 Å². The van der Waals surface area contributed by atoms with E-state index in [9.17, 15) is 14.0 Å². The SMILES string of the molecule is COC(=O)c1c(-c2ccc(F)cc2)csc1NC(=O)C(Cl)Cl. The molecular weight excluding hydrogens is 352 g/mol. The third-order valence-electron chi connectivity index (χ3n) is 2.77. The molecule has 0 aliphatic carbocycles. The van der Waals surface area contributed by atoms with Gasteiger partial charge in [-0.25, -0.2) is 9.18 Å². The van der Waals surface area contributed by atoms with Gasteiger partial charge in [0.05, 0.1) is 7.11 Å². The summed E-state index contributed by atoms with van der Waals surface area (Å²) in [5, 5.41) is 4.39. The quantitative estimate of drug-likeness (QED) is 0.659. The number of thiophene rings is 1. The highest BCUT2D eigenvalue weighted by Crippen LogP contribution is 2.36. The molecule has 116 valence electrons. The lowest BCUT2D eigenvalue weighted by Crippen LogP contribution is -2.19. The molecular formula is C14H10Cl2FNO3S. The molecule has 0 aliphatic rings. The summed E-state index contributed by atoms with van der Waals surface area (Å²) >= 11 is 12.1. The molecule has 0 atom stereocenters. The number of benzene rings is 1. The van der Waals surface area contributed by atoms with Crippen molar-refractivity contribution in [3.63, 3.8) is 0 Å². The van der Waals surface area contributed by atoms with Crippen molar-refractivity contribution in [2.24, 2.45) is 0 Å². The van der Waals surface area contributed by atoms with E-state index in [1.165, 1.54) is 31.4 Å². The average Bonchev–Trinajstić information content (AvgIpc) is 2.90. The second kappa shape index (κ2) is 7.09. The molecule has 8 heteroatoms. The Morgan fingerprint density at radius 2 is 1.91 bits per heavy atom. The Hall–Kier alpha value is -1.63. The van der Waals surface area contributed by atoms with Crippen molar-refractivity contribution in [3.05, 3.63) is 41.0 Å². The van der Waals surface area contributed by atoms with Crippen LogP contribution >= 0.6 is 34.5 Å². The third-order valence-corrected chi connectivity index (χ3v) is 4.06. The second-order valence-electron chi connectivity index (χ2n) is 4.14. The number of nitrogens with one attached hydrogen (secondary N) is 1. The standard InChI is InChI=1S/C14H10Cl2FNO3S/c1-21-14(20)10-9(7-2-4-8(17)5-3-7)6-22-13(10)18-12(19)11(15)16/h2-6,11H,1H3,(H,18,19). The van der Waals surface area contributed by atoms with Crippen LogP contribution in [0.3, 0.4) is 0 Å². The van der Waals surface area contributed by atoms with Gasteiger partial charge in [-0.1, -0.05) is 35.3 Å². The van der Waals surface area contributed by atoms with Gasteiger partial charge in [0.1, 0.15) is 16.4 Å².